The number of aliphatic hydroxyl groups excluding tert-OH is 1. The Balaban J connectivity index is 1.91. The number of hydrogen-bond donors (Lipinski definition) is 1. The van der Waals surface area contributed by atoms with Crippen LogP contribution in [0.4, 0.5) is 0 Å². The van der Waals surface area contributed by atoms with Crippen LogP contribution in [-0.4, -0.2) is 41.3 Å². The fraction of sp³-hybridized carbons (Fsp3) is 0.429. The molecule has 0 aromatic rings. The van der Waals surface area contributed by atoms with E-state index < -0.39 is 11.4 Å². The van der Waals surface area contributed by atoms with E-state index in [1.165, 1.54) is 18.2 Å². The van der Waals surface area contributed by atoms with Gasteiger partial charge in [0.15, 0.2) is 17.4 Å². The van der Waals surface area contributed by atoms with Gasteiger partial charge >= 0.3 is 0 Å². The highest BCUT2D eigenvalue weighted by Gasteiger charge is 2.52. The molecule has 2 heterocycles. The van der Waals surface area contributed by atoms with Crippen molar-refractivity contribution in [3.63, 3.8) is 0 Å². The molecule has 0 aromatic heterocycles. The minimum atomic E-state index is -1.04. The minimum absolute atomic E-state index is 0.0497. The van der Waals surface area contributed by atoms with E-state index in [9.17, 15) is 14.7 Å². The second kappa shape index (κ2) is 4.23. The van der Waals surface area contributed by atoms with Crippen molar-refractivity contribution in [2.45, 2.75) is 24.2 Å². The number of hydrogen-bond acceptors (Lipinski definition) is 5. The smallest absolute Gasteiger partial charge is 0.195 e. The van der Waals surface area contributed by atoms with Crippen molar-refractivity contribution >= 4 is 11.6 Å². The van der Waals surface area contributed by atoms with E-state index in [4.69, 9.17) is 9.47 Å². The molecular formula is C14H14O5. The van der Waals surface area contributed by atoms with Gasteiger partial charge in [0, 0.05) is 12.0 Å². The first-order valence-corrected chi connectivity index (χ1v) is 6.19. The third kappa shape index (κ3) is 2.00. The van der Waals surface area contributed by atoms with E-state index in [-0.39, 0.29) is 24.8 Å². The summed E-state index contributed by atoms with van der Waals surface area (Å²) in [6, 6.07) is 0. The van der Waals surface area contributed by atoms with Gasteiger partial charge in [-0.05, 0) is 36.8 Å². The van der Waals surface area contributed by atoms with Gasteiger partial charge in [-0.25, -0.2) is 0 Å². The van der Waals surface area contributed by atoms with Crippen LogP contribution in [0.3, 0.4) is 0 Å². The maximum absolute atomic E-state index is 11.3. The Hall–Kier alpha value is -1.56. The Morgan fingerprint density at radius 2 is 1.95 bits per heavy atom. The predicted octanol–water partition coefficient (Wildman–Crippen LogP) is 0.445. The number of ketones is 2. The van der Waals surface area contributed by atoms with Gasteiger partial charge in [-0.3, -0.25) is 9.59 Å². The number of ether oxygens (including phenoxy) is 2. The molecule has 1 N–H and O–H groups in total. The summed E-state index contributed by atoms with van der Waals surface area (Å²) in [5.41, 5.74) is -0.234. The van der Waals surface area contributed by atoms with Crippen LogP contribution in [0.25, 0.3) is 0 Å². The molecule has 0 unspecified atom stereocenters. The van der Waals surface area contributed by atoms with Gasteiger partial charge in [0.2, 0.25) is 0 Å². The normalized spacial score (nSPS) is 32.4. The molecule has 2 spiro atoms. The Morgan fingerprint density at radius 3 is 2.63 bits per heavy atom. The van der Waals surface area contributed by atoms with Gasteiger partial charge < -0.3 is 14.6 Å². The third-order valence-electron chi connectivity index (χ3n) is 3.70. The zero-order valence-electron chi connectivity index (χ0n) is 10.3. The molecule has 1 atom stereocenters. The maximum atomic E-state index is 11.3. The Kier molecular flexibility index (Phi) is 2.78. The molecule has 0 aromatic carbocycles. The van der Waals surface area contributed by atoms with Gasteiger partial charge in [-0.2, -0.15) is 0 Å². The first-order valence-electron chi connectivity index (χ1n) is 6.19. The standard InChI is InChI=1S/C14H14O5/c15-8-10-7-12(17)9-18-14(10)6-5-13(19-14)3-1-11(16)2-4-13/h1-4,7,15H,5-6,8-9H2/t14-/m1/s1. The van der Waals surface area contributed by atoms with Gasteiger partial charge in [-0.1, -0.05) is 0 Å². The van der Waals surface area contributed by atoms with Crippen molar-refractivity contribution in [2.75, 3.05) is 13.2 Å². The lowest BCUT2D eigenvalue weighted by molar-refractivity contribution is -0.215. The number of aliphatic hydroxyl groups is 1. The van der Waals surface area contributed by atoms with E-state index in [0.29, 0.717) is 18.4 Å². The Morgan fingerprint density at radius 1 is 1.21 bits per heavy atom. The summed E-state index contributed by atoms with van der Waals surface area (Å²) in [5.74, 6) is -1.30. The Bertz CT molecular complexity index is 512. The van der Waals surface area contributed by atoms with E-state index in [2.05, 4.69) is 0 Å². The summed E-state index contributed by atoms with van der Waals surface area (Å²) in [7, 11) is 0. The van der Waals surface area contributed by atoms with Crippen LogP contribution in [0.1, 0.15) is 12.8 Å². The Labute approximate surface area is 110 Å². The molecule has 2 aliphatic heterocycles. The van der Waals surface area contributed by atoms with Gasteiger partial charge in [0.1, 0.15) is 12.2 Å². The molecular weight excluding hydrogens is 248 g/mol. The van der Waals surface area contributed by atoms with Gasteiger partial charge in [0.05, 0.1) is 6.61 Å². The molecule has 3 aliphatic rings. The summed E-state index contributed by atoms with van der Waals surface area (Å²) in [4.78, 5) is 22.5. The minimum Gasteiger partial charge on any atom is -0.392 e. The fourth-order valence-corrected chi connectivity index (χ4v) is 2.68. The van der Waals surface area contributed by atoms with Crippen molar-refractivity contribution in [3.8, 4) is 0 Å². The van der Waals surface area contributed by atoms with Crippen LogP contribution in [0.2, 0.25) is 0 Å². The van der Waals surface area contributed by atoms with Crippen molar-refractivity contribution in [3.05, 3.63) is 36.0 Å². The average Bonchev–Trinajstić information content (AvgIpc) is 2.77. The second-order valence-electron chi connectivity index (χ2n) is 4.96. The van der Waals surface area contributed by atoms with E-state index in [0.717, 1.165) is 0 Å². The van der Waals surface area contributed by atoms with E-state index >= 15 is 0 Å². The lowest BCUT2D eigenvalue weighted by atomic mass is 9.92. The highest BCUT2D eigenvalue weighted by molar-refractivity contribution is 6.00. The molecule has 0 saturated carbocycles. The molecule has 5 heteroatoms. The predicted molar refractivity (Wildman–Crippen MR) is 65.2 cm³/mol. The van der Waals surface area contributed by atoms with Crippen LogP contribution in [0.5, 0.6) is 0 Å². The third-order valence-corrected chi connectivity index (χ3v) is 3.70. The van der Waals surface area contributed by atoms with E-state index in [1.54, 1.807) is 12.2 Å². The summed E-state index contributed by atoms with van der Waals surface area (Å²) in [5, 5.41) is 9.39. The lowest BCUT2D eigenvalue weighted by Gasteiger charge is -2.36. The number of rotatable bonds is 1. The highest BCUT2D eigenvalue weighted by Crippen LogP contribution is 2.46. The molecule has 0 amide bonds. The number of carbonyl (C=O) groups excluding carboxylic acids is 2. The first-order chi connectivity index (χ1) is 9.07. The van der Waals surface area contributed by atoms with Crippen LogP contribution in [0.15, 0.2) is 36.0 Å². The molecule has 0 radical (unpaired) electrons. The van der Waals surface area contributed by atoms with Gasteiger partial charge in [0.25, 0.3) is 0 Å². The molecule has 100 valence electrons. The zero-order valence-corrected chi connectivity index (χ0v) is 10.3. The average molecular weight is 262 g/mol. The van der Waals surface area contributed by atoms with Crippen molar-refractivity contribution in [1.82, 2.24) is 0 Å². The molecule has 1 saturated heterocycles. The van der Waals surface area contributed by atoms with Crippen LogP contribution >= 0.6 is 0 Å². The quantitative estimate of drug-likeness (QED) is 0.742. The number of carbonyl (C=O) groups is 2. The molecule has 0 bridgehead atoms. The molecule has 19 heavy (non-hydrogen) atoms. The number of allylic oxidation sites excluding steroid dienone is 2. The second-order valence-corrected chi connectivity index (χ2v) is 4.96. The largest absolute Gasteiger partial charge is 0.392 e. The van der Waals surface area contributed by atoms with Crippen molar-refractivity contribution in [2.24, 2.45) is 0 Å². The van der Waals surface area contributed by atoms with Crippen molar-refractivity contribution < 1.29 is 24.2 Å². The monoisotopic (exact) mass is 262 g/mol. The van der Waals surface area contributed by atoms with Gasteiger partial charge in [-0.15, -0.1) is 0 Å². The molecule has 1 aliphatic carbocycles. The topological polar surface area (TPSA) is 72.8 Å². The fourth-order valence-electron chi connectivity index (χ4n) is 2.68. The van der Waals surface area contributed by atoms with E-state index in [1.807, 2.05) is 0 Å². The van der Waals surface area contributed by atoms with Crippen LogP contribution in [-0.2, 0) is 19.1 Å². The summed E-state index contributed by atoms with van der Waals surface area (Å²) in [6.07, 6.45) is 8.92. The van der Waals surface area contributed by atoms with Crippen molar-refractivity contribution in [1.29, 1.82) is 0 Å². The first kappa shape index (κ1) is 12.5. The molecule has 1 fully saturated rings. The summed E-state index contributed by atoms with van der Waals surface area (Å²) in [6.45, 7) is -0.333. The lowest BCUT2D eigenvalue weighted by Crippen LogP contribution is -2.43. The van der Waals surface area contributed by atoms with Crippen LogP contribution in [0, 0.1) is 0 Å². The highest BCUT2D eigenvalue weighted by atomic mass is 16.7. The molecule has 5 nitrogen and oxygen atoms in total. The maximum Gasteiger partial charge on any atom is 0.195 e. The SMILES string of the molecule is O=C1C=CC2(C=C1)CC[C@@]1(OCC(=O)C=C1CO)O2. The molecule has 3 rings (SSSR count). The summed E-state index contributed by atoms with van der Waals surface area (Å²) < 4.78 is 11.5. The van der Waals surface area contributed by atoms with Crippen LogP contribution < -0.4 is 0 Å². The summed E-state index contributed by atoms with van der Waals surface area (Å²) >= 11 is 0. The zero-order chi connectivity index (χ0) is 13.5.